The van der Waals surface area contributed by atoms with Gasteiger partial charge in [0, 0.05) is 18.8 Å². The van der Waals surface area contributed by atoms with Crippen LogP contribution in [0.1, 0.15) is 26.2 Å². The molecule has 170 valence electrons. The van der Waals surface area contributed by atoms with Crippen LogP contribution in [0.25, 0.3) is 0 Å². The molecule has 1 N–H and O–H groups in total. The third-order valence-corrected chi connectivity index (χ3v) is 15.5. The van der Waals surface area contributed by atoms with Gasteiger partial charge in [0.2, 0.25) is 0 Å². The zero-order valence-corrected chi connectivity index (χ0v) is 22.2. The fourth-order valence-electron chi connectivity index (χ4n) is 3.15. The first-order valence-electron chi connectivity index (χ1n) is 10.3. The topological polar surface area (TPSA) is 91.3 Å². The Balaban J connectivity index is 4.11. The third kappa shape index (κ3) is 16.7. The number of hydrogen-bond acceptors (Lipinski definition) is 6. The predicted octanol–water partition coefficient (Wildman–Crippen LogP) is 4.52. The molecule has 0 radical (unpaired) electrons. The van der Waals surface area contributed by atoms with Crippen molar-refractivity contribution in [2.75, 3.05) is 19.8 Å². The second-order valence-corrected chi connectivity index (χ2v) is 21.3. The number of carbonyl (C=O) groups is 2. The van der Waals surface area contributed by atoms with Crippen molar-refractivity contribution >= 4 is 37.1 Å². The molecule has 0 aromatic heterocycles. The Hall–Kier alpha value is -0.789. The van der Waals surface area contributed by atoms with Gasteiger partial charge in [-0.1, -0.05) is 19.8 Å². The van der Waals surface area contributed by atoms with E-state index < -0.39 is 37.1 Å². The summed E-state index contributed by atoms with van der Waals surface area (Å²) in [5, 5.41) is 8.43. The molecule has 0 fully saturated rings. The summed E-state index contributed by atoms with van der Waals surface area (Å²) in [5.41, 5.74) is 0. The first kappa shape index (κ1) is 28.2. The van der Waals surface area contributed by atoms with E-state index in [0.29, 0.717) is 6.61 Å². The van der Waals surface area contributed by atoms with Gasteiger partial charge in [-0.3, -0.25) is 0 Å². The van der Waals surface area contributed by atoms with Crippen LogP contribution in [0.2, 0.25) is 51.4 Å². The van der Waals surface area contributed by atoms with E-state index in [1.54, 1.807) is 0 Å². The van der Waals surface area contributed by atoms with Crippen molar-refractivity contribution in [1.82, 2.24) is 0 Å². The van der Waals surface area contributed by atoms with E-state index in [1.807, 2.05) is 0 Å². The van der Waals surface area contributed by atoms with Crippen LogP contribution in [0, 0.1) is 0 Å². The highest BCUT2D eigenvalue weighted by molar-refractivity contribution is 6.87. The summed E-state index contributed by atoms with van der Waals surface area (Å²) in [6.45, 7) is 16.5. The van der Waals surface area contributed by atoms with Crippen molar-refractivity contribution < 1.29 is 32.4 Å². The Morgan fingerprint density at radius 3 is 1.90 bits per heavy atom. The van der Waals surface area contributed by atoms with Gasteiger partial charge in [0.05, 0.1) is 6.61 Å². The molecule has 0 saturated carbocycles. The van der Waals surface area contributed by atoms with Crippen LogP contribution in [0.3, 0.4) is 0 Å². The number of aliphatic carboxylic acids is 1. The molecular weight excluding hydrogens is 424 g/mol. The Morgan fingerprint density at radius 1 is 0.828 bits per heavy atom. The highest BCUT2D eigenvalue weighted by atomic mass is 28.5. The highest BCUT2D eigenvalue weighted by Gasteiger charge is 2.39. The summed E-state index contributed by atoms with van der Waals surface area (Å²) in [5.74, 6) is -1.87. The first-order valence-corrected chi connectivity index (χ1v) is 19.4. The van der Waals surface area contributed by atoms with E-state index >= 15 is 0 Å². The van der Waals surface area contributed by atoms with Gasteiger partial charge in [0.15, 0.2) is 16.6 Å². The quantitative estimate of drug-likeness (QED) is 0.155. The standard InChI is InChI=1S/C19H40O7Si3/c1-8-9-16-27(2,3)25-29(6,7)26-28(4,5)17-10-13-23-14-15-24-19(22)12-11-18(20)21/h11-12H,8-10,13-17H2,1-7H3,(H,20,21)/b12-11+. The highest BCUT2D eigenvalue weighted by Crippen LogP contribution is 2.26. The lowest BCUT2D eigenvalue weighted by Gasteiger charge is -2.38. The number of carboxylic acid groups (broad SMARTS) is 1. The van der Waals surface area contributed by atoms with Gasteiger partial charge in [0.1, 0.15) is 6.61 Å². The van der Waals surface area contributed by atoms with E-state index in [4.69, 9.17) is 22.8 Å². The monoisotopic (exact) mass is 464 g/mol. The Morgan fingerprint density at radius 2 is 1.38 bits per heavy atom. The van der Waals surface area contributed by atoms with Gasteiger partial charge in [0.25, 0.3) is 0 Å². The van der Waals surface area contributed by atoms with Crippen LogP contribution in [0.4, 0.5) is 0 Å². The number of rotatable bonds is 16. The molecule has 29 heavy (non-hydrogen) atoms. The molecule has 0 spiro atoms. The molecule has 0 amide bonds. The van der Waals surface area contributed by atoms with Gasteiger partial charge in [-0.2, -0.15) is 0 Å². The zero-order valence-electron chi connectivity index (χ0n) is 19.2. The smallest absolute Gasteiger partial charge is 0.331 e. The third-order valence-electron chi connectivity index (χ3n) is 4.08. The minimum absolute atomic E-state index is 0.103. The molecule has 0 aromatic rings. The van der Waals surface area contributed by atoms with Crippen molar-refractivity contribution in [1.29, 1.82) is 0 Å². The molecule has 10 heteroatoms. The molecule has 0 bridgehead atoms. The number of carbonyl (C=O) groups excluding carboxylic acids is 1. The first-order chi connectivity index (χ1) is 13.3. The maximum atomic E-state index is 11.2. The number of carboxylic acids is 1. The van der Waals surface area contributed by atoms with Gasteiger partial charge < -0.3 is 22.8 Å². The minimum Gasteiger partial charge on any atom is -0.478 e. The largest absolute Gasteiger partial charge is 0.478 e. The van der Waals surface area contributed by atoms with Crippen molar-refractivity contribution in [2.45, 2.75) is 77.6 Å². The van der Waals surface area contributed by atoms with Gasteiger partial charge in [-0.15, -0.1) is 0 Å². The number of unbranched alkanes of at least 4 members (excludes halogenated alkanes) is 1. The van der Waals surface area contributed by atoms with E-state index in [2.05, 4.69) is 46.2 Å². The second-order valence-electron chi connectivity index (χ2n) is 8.78. The van der Waals surface area contributed by atoms with Crippen LogP contribution in [-0.4, -0.2) is 62.1 Å². The molecule has 0 rings (SSSR count). The molecular formula is C19H40O7Si3. The Kier molecular flexibility index (Phi) is 13.1. The lowest BCUT2D eigenvalue weighted by Crippen LogP contribution is -2.52. The second kappa shape index (κ2) is 13.5. The maximum Gasteiger partial charge on any atom is 0.331 e. The minimum atomic E-state index is -2.16. The molecule has 0 unspecified atom stereocenters. The van der Waals surface area contributed by atoms with E-state index in [-0.39, 0.29) is 13.2 Å². The average Bonchev–Trinajstić information content (AvgIpc) is 2.55. The van der Waals surface area contributed by atoms with Crippen molar-refractivity contribution in [3.05, 3.63) is 12.2 Å². The fourth-order valence-corrected chi connectivity index (χ4v) is 17.4. The van der Waals surface area contributed by atoms with Crippen molar-refractivity contribution in [3.8, 4) is 0 Å². The number of esters is 1. The predicted molar refractivity (Wildman–Crippen MR) is 122 cm³/mol. The maximum absolute atomic E-state index is 11.2. The van der Waals surface area contributed by atoms with Crippen molar-refractivity contribution in [3.63, 3.8) is 0 Å². The van der Waals surface area contributed by atoms with E-state index in [1.165, 1.54) is 18.9 Å². The summed E-state index contributed by atoms with van der Waals surface area (Å²) in [4.78, 5) is 21.5. The lowest BCUT2D eigenvalue weighted by molar-refractivity contribution is -0.140. The van der Waals surface area contributed by atoms with E-state index in [0.717, 1.165) is 24.6 Å². The van der Waals surface area contributed by atoms with Crippen LogP contribution in [-0.2, 0) is 27.3 Å². The number of hydrogen-bond donors (Lipinski definition) is 1. The Labute approximate surface area is 179 Å². The van der Waals surface area contributed by atoms with Gasteiger partial charge in [-0.05, 0) is 57.8 Å². The molecule has 0 aliphatic heterocycles. The van der Waals surface area contributed by atoms with Gasteiger partial charge in [-0.25, -0.2) is 9.59 Å². The molecule has 0 aliphatic rings. The van der Waals surface area contributed by atoms with Crippen LogP contribution < -0.4 is 0 Å². The molecule has 0 atom stereocenters. The van der Waals surface area contributed by atoms with Crippen molar-refractivity contribution in [2.24, 2.45) is 0 Å². The summed E-state index contributed by atoms with van der Waals surface area (Å²) in [7, 11) is -5.68. The average molecular weight is 465 g/mol. The fraction of sp³-hybridized carbons (Fsp3) is 0.789. The van der Waals surface area contributed by atoms with E-state index in [9.17, 15) is 9.59 Å². The zero-order chi connectivity index (χ0) is 22.6. The molecule has 0 saturated heterocycles. The molecule has 0 aliphatic carbocycles. The van der Waals surface area contributed by atoms with Crippen LogP contribution in [0.5, 0.6) is 0 Å². The lowest BCUT2D eigenvalue weighted by atomic mass is 10.4. The number of ether oxygens (including phenoxy) is 2. The molecule has 7 nitrogen and oxygen atoms in total. The summed E-state index contributed by atoms with van der Waals surface area (Å²) < 4.78 is 23.4. The SMILES string of the molecule is CCCC[Si](C)(C)O[Si](C)(C)O[Si](C)(C)CCCOCCOC(=O)/C=C/C(=O)O. The van der Waals surface area contributed by atoms with Crippen LogP contribution in [0.15, 0.2) is 12.2 Å². The molecule has 0 aromatic carbocycles. The van der Waals surface area contributed by atoms with Gasteiger partial charge >= 0.3 is 20.5 Å². The summed E-state index contributed by atoms with van der Waals surface area (Å²) in [6.07, 6.45) is 4.92. The molecule has 0 heterocycles. The summed E-state index contributed by atoms with van der Waals surface area (Å²) >= 11 is 0. The normalized spacial score (nSPS) is 13.1. The summed E-state index contributed by atoms with van der Waals surface area (Å²) in [6, 6.07) is 2.15. The van der Waals surface area contributed by atoms with Crippen LogP contribution >= 0.6 is 0 Å². The Bertz CT molecular complexity index is 534.